The average Bonchev–Trinajstić information content (AvgIpc) is 3.31. The highest BCUT2D eigenvalue weighted by molar-refractivity contribution is 6.00. The Hall–Kier alpha value is -4.19. The van der Waals surface area contributed by atoms with Crippen molar-refractivity contribution in [2.24, 2.45) is 0 Å². The fourth-order valence-corrected chi connectivity index (χ4v) is 5.05. The van der Waals surface area contributed by atoms with E-state index in [4.69, 9.17) is 9.47 Å². The molecule has 1 aliphatic rings. The van der Waals surface area contributed by atoms with Crippen LogP contribution in [-0.4, -0.2) is 48.7 Å². The Balaban J connectivity index is 1.37. The van der Waals surface area contributed by atoms with Gasteiger partial charge in [-0.2, -0.15) is 0 Å². The monoisotopic (exact) mass is 495 g/mol. The maximum absolute atomic E-state index is 13.7. The molecule has 3 aromatic carbocycles. The molecule has 5 rings (SSSR count). The summed E-state index contributed by atoms with van der Waals surface area (Å²) in [6.45, 7) is 9.81. The van der Waals surface area contributed by atoms with E-state index in [0.29, 0.717) is 31.9 Å². The van der Waals surface area contributed by atoms with Gasteiger partial charge in [0.1, 0.15) is 23.8 Å². The second-order valence-electron chi connectivity index (χ2n) is 9.35. The van der Waals surface area contributed by atoms with Gasteiger partial charge in [-0.15, -0.1) is 6.58 Å². The Kier molecular flexibility index (Phi) is 7.17. The van der Waals surface area contributed by atoms with Crippen LogP contribution in [0, 0.1) is 6.92 Å². The molecule has 0 unspecified atom stereocenters. The topological polar surface area (TPSA) is 46.9 Å². The molecule has 0 spiro atoms. The van der Waals surface area contributed by atoms with E-state index >= 15 is 0 Å². The first-order valence-electron chi connectivity index (χ1n) is 12.7. The van der Waals surface area contributed by atoms with Gasteiger partial charge < -0.3 is 23.8 Å². The second-order valence-corrected chi connectivity index (χ2v) is 9.35. The van der Waals surface area contributed by atoms with Crippen LogP contribution in [0.2, 0.25) is 0 Å². The number of aryl methyl sites for hydroxylation is 1. The minimum atomic E-state index is 0.0300. The van der Waals surface area contributed by atoms with Crippen LogP contribution in [0.25, 0.3) is 10.9 Å². The van der Waals surface area contributed by atoms with E-state index in [-0.39, 0.29) is 5.91 Å². The van der Waals surface area contributed by atoms with E-state index in [1.165, 1.54) is 5.56 Å². The first-order valence-corrected chi connectivity index (χ1v) is 12.7. The number of benzene rings is 3. The third kappa shape index (κ3) is 5.05. The van der Waals surface area contributed by atoms with E-state index in [1.54, 1.807) is 7.11 Å². The number of allylic oxidation sites excluding steroid dienone is 1. The summed E-state index contributed by atoms with van der Waals surface area (Å²) >= 11 is 0. The highest BCUT2D eigenvalue weighted by Crippen LogP contribution is 2.32. The molecular weight excluding hydrogens is 462 g/mol. The number of rotatable bonds is 8. The second kappa shape index (κ2) is 10.8. The summed E-state index contributed by atoms with van der Waals surface area (Å²) in [5, 5.41) is 0.938. The van der Waals surface area contributed by atoms with Gasteiger partial charge in [0.25, 0.3) is 5.91 Å². The summed E-state index contributed by atoms with van der Waals surface area (Å²) in [4.78, 5) is 18.0. The Bertz CT molecular complexity index is 1420. The zero-order valence-corrected chi connectivity index (χ0v) is 21.5. The molecule has 1 aliphatic heterocycles. The maximum atomic E-state index is 13.7. The van der Waals surface area contributed by atoms with Crippen LogP contribution in [0.3, 0.4) is 0 Å². The summed E-state index contributed by atoms with van der Waals surface area (Å²) in [5.74, 6) is 1.66. The molecule has 2 heterocycles. The number of methoxy groups -OCH3 is 1. The van der Waals surface area contributed by atoms with Crippen LogP contribution in [-0.2, 0) is 13.2 Å². The fourth-order valence-electron chi connectivity index (χ4n) is 5.05. The fraction of sp³-hybridized carbons (Fsp3) is 0.258. The van der Waals surface area contributed by atoms with Crippen molar-refractivity contribution in [3.05, 3.63) is 102 Å². The summed E-state index contributed by atoms with van der Waals surface area (Å²) in [7, 11) is 1.69. The number of piperazine rings is 1. The molecule has 1 amide bonds. The molecule has 0 N–H and O–H groups in total. The molecule has 1 saturated heterocycles. The van der Waals surface area contributed by atoms with Crippen molar-refractivity contribution in [2.45, 2.75) is 20.1 Å². The van der Waals surface area contributed by atoms with Crippen molar-refractivity contribution >= 4 is 22.5 Å². The zero-order chi connectivity index (χ0) is 25.8. The number of para-hydroxylation sites is 2. The van der Waals surface area contributed by atoms with Gasteiger partial charge in [-0.1, -0.05) is 54.1 Å². The van der Waals surface area contributed by atoms with Gasteiger partial charge in [-0.05, 0) is 42.8 Å². The number of amides is 1. The smallest absolute Gasteiger partial charge is 0.270 e. The number of hydrogen-bond donors (Lipinski definition) is 0. The predicted molar refractivity (Wildman–Crippen MR) is 149 cm³/mol. The SMILES string of the molecule is C=CCn1c(C(=O)N2CCN(c3ccccc3OC)CC2)cc2c(OCc3cccc(C)c3)cccc21. The van der Waals surface area contributed by atoms with Gasteiger partial charge in [-0.3, -0.25) is 4.79 Å². The van der Waals surface area contributed by atoms with E-state index in [1.807, 2.05) is 64.1 Å². The summed E-state index contributed by atoms with van der Waals surface area (Å²) in [6, 6.07) is 24.3. The van der Waals surface area contributed by atoms with Gasteiger partial charge in [0.15, 0.2) is 0 Å². The molecule has 0 saturated carbocycles. The van der Waals surface area contributed by atoms with Crippen molar-refractivity contribution in [1.82, 2.24) is 9.47 Å². The van der Waals surface area contributed by atoms with E-state index in [9.17, 15) is 4.79 Å². The van der Waals surface area contributed by atoms with Crippen molar-refractivity contribution in [3.63, 3.8) is 0 Å². The normalized spacial score (nSPS) is 13.6. The average molecular weight is 496 g/mol. The van der Waals surface area contributed by atoms with Crippen LogP contribution >= 0.6 is 0 Å². The molecule has 0 radical (unpaired) electrons. The Labute approximate surface area is 218 Å². The lowest BCUT2D eigenvalue weighted by Gasteiger charge is -2.36. The summed E-state index contributed by atoms with van der Waals surface area (Å²) in [6.07, 6.45) is 1.83. The third-order valence-corrected chi connectivity index (χ3v) is 6.91. The maximum Gasteiger partial charge on any atom is 0.270 e. The van der Waals surface area contributed by atoms with E-state index in [0.717, 1.165) is 46.7 Å². The third-order valence-electron chi connectivity index (χ3n) is 6.91. The largest absolute Gasteiger partial charge is 0.495 e. The Morgan fingerprint density at radius 3 is 2.46 bits per heavy atom. The van der Waals surface area contributed by atoms with Crippen LogP contribution < -0.4 is 14.4 Å². The number of fused-ring (bicyclic) bond motifs is 1. The molecular formula is C31H33N3O3. The Morgan fingerprint density at radius 2 is 1.70 bits per heavy atom. The van der Waals surface area contributed by atoms with Crippen LogP contribution in [0.15, 0.2) is 85.5 Å². The standard InChI is InChI=1S/C31H33N3O3/c1-4-15-34-26-12-8-14-29(37-22-24-10-7-9-23(2)20-24)25(26)21-28(34)31(35)33-18-16-32(17-19-33)27-11-5-6-13-30(27)36-3/h4-14,20-21H,1,15-19,22H2,2-3H3. The number of hydrogen-bond acceptors (Lipinski definition) is 4. The number of carbonyl (C=O) groups excluding carboxylic acids is 1. The molecule has 37 heavy (non-hydrogen) atoms. The summed E-state index contributed by atoms with van der Waals surface area (Å²) < 4.78 is 13.8. The molecule has 6 heteroatoms. The molecule has 0 aliphatic carbocycles. The zero-order valence-electron chi connectivity index (χ0n) is 21.5. The van der Waals surface area contributed by atoms with Gasteiger partial charge in [0.2, 0.25) is 0 Å². The van der Waals surface area contributed by atoms with Gasteiger partial charge in [0.05, 0.1) is 18.3 Å². The lowest BCUT2D eigenvalue weighted by molar-refractivity contribution is 0.0737. The number of nitrogens with zero attached hydrogens (tertiary/aromatic N) is 3. The Morgan fingerprint density at radius 1 is 0.946 bits per heavy atom. The molecule has 6 nitrogen and oxygen atoms in total. The molecule has 4 aromatic rings. The molecule has 1 aromatic heterocycles. The first-order chi connectivity index (χ1) is 18.1. The van der Waals surface area contributed by atoms with Crippen LogP contribution in [0.5, 0.6) is 11.5 Å². The molecule has 1 fully saturated rings. The van der Waals surface area contributed by atoms with Crippen LogP contribution in [0.4, 0.5) is 5.69 Å². The van der Waals surface area contributed by atoms with E-state index in [2.05, 4.69) is 42.7 Å². The predicted octanol–water partition coefficient (Wildman–Crippen LogP) is 5.69. The van der Waals surface area contributed by atoms with Gasteiger partial charge in [0, 0.05) is 38.1 Å². The lowest BCUT2D eigenvalue weighted by Crippen LogP contribution is -2.49. The van der Waals surface area contributed by atoms with Crippen LogP contribution in [0.1, 0.15) is 21.6 Å². The van der Waals surface area contributed by atoms with Gasteiger partial charge in [-0.25, -0.2) is 0 Å². The summed E-state index contributed by atoms with van der Waals surface area (Å²) in [5.41, 5.74) is 5.01. The van der Waals surface area contributed by atoms with Crippen molar-refractivity contribution in [1.29, 1.82) is 0 Å². The van der Waals surface area contributed by atoms with Crippen molar-refractivity contribution < 1.29 is 14.3 Å². The van der Waals surface area contributed by atoms with E-state index < -0.39 is 0 Å². The quantitative estimate of drug-likeness (QED) is 0.295. The van der Waals surface area contributed by atoms with Gasteiger partial charge >= 0.3 is 0 Å². The molecule has 190 valence electrons. The first kappa shape index (κ1) is 24.5. The number of anilines is 1. The molecule has 0 bridgehead atoms. The number of aromatic nitrogens is 1. The highest BCUT2D eigenvalue weighted by Gasteiger charge is 2.27. The lowest BCUT2D eigenvalue weighted by atomic mass is 10.1. The number of ether oxygens (including phenoxy) is 2. The highest BCUT2D eigenvalue weighted by atomic mass is 16.5. The molecule has 0 atom stereocenters. The minimum absolute atomic E-state index is 0.0300. The van der Waals surface area contributed by atoms with Crippen molar-refractivity contribution in [3.8, 4) is 11.5 Å². The minimum Gasteiger partial charge on any atom is -0.495 e. The van der Waals surface area contributed by atoms with Crippen molar-refractivity contribution in [2.75, 3.05) is 38.2 Å². The number of carbonyl (C=O) groups is 1.